The Balaban J connectivity index is 1.52. The van der Waals surface area contributed by atoms with Gasteiger partial charge in [0.2, 0.25) is 5.91 Å². The molecule has 2 aliphatic heterocycles. The highest BCUT2D eigenvalue weighted by Gasteiger charge is 2.30. The Kier molecular flexibility index (Phi) is 5.96. The molecule has 2 N–H and O–H groups in total. The van der Waals surface area contributed by atoms with Gasteiger partial charge < -0.3 is 20.3 Å². The lowest BCUT2D eigenvalue weighted by Gasteiger charge is -2.30. The number of ether oxygens (including phenoxy) is 1. The first-order chi connectivity index (χ1) is 12.0. The van der Waals surface area contributed by atoms with Gasteiger partial charge in [-0.05, 0) is 25.2 Å². The average Bonchev–Trinajstić information content (AvgIpc) is 3.22. The topological polar surface area (TPSA) is 71.4 Å². The molecule has 140 valence electrons. The van der Waals surface area contributed by atoms with Gasteiger partial charge in [0.25, 0.3) is 0 Å². The van der Waals surface area contributed by atoms with Crippen LogP contribution in [0.4, 0.5) is 5.69 Å². The van der Waals surface area contributed by atoms with Crippen molar-refractivity contribution in [2.45, 2.75) is 51.2 Å². The zero-order valence-electron chi connectivity index (χ0n) is 15.6. The van der Waals surface area contributed by atoms with Gasteiger partial charge in [0.15, 0.2) is 0 Å². The highest BCUT2D eigenvalue weighted by molar-refractivity contribution is 5.82. The number of rotatable bonds is 6. The third-order valence-electron chi connectivity index (χ3n) is 5.18. The van der Waals surface area contributed by atoms with Crippen molar-refractivity contribution in [3.05, 3.63) is 12.4 Å². The molecule has 0 bridgehead atoms. The van der Waals surface area contributed by atoms with Gasteiger partial charge >= 0.3 is 0 Å². The lowest BCUT2D eigenvalue weighted by Crippen LogP contribution is -2.54. The maximum Gasteiger partial charge on any atom is 0.237 e. The Bertz CT molecular complexity index is 568. The summed E-state index contributed by atoms with van der Waals surface area (Å²) in [7, 11) is 1.92. The minimum absolute atomic E-state index is 0.125. The van der Waals surface area contributed by atoms with Crippen LogP contribution in [-0.2, 0) is 16.6 Å². The van der Waals surface area contributed by atoms with Gasteiger partial charge in [-0.2, -0.15) is 5.10 Å². The highest BCUT2D eigenvalue weighted by atomic mass is 16.5. The fourth-order valence-corrected chi connectivity index (χ4v) is 3.66. The molecule has 1 aromatic heterocycles. The van der Waals surface area contributed by atoms with Gasteiger partial charge in [-0.1, -0.05) is 13.8 Å². The Morgan fingerprint density at radius 1 is 1.28 bits per heavy atom. The average molecular weight is 349 g/mol. The molecule has 0 spiro atoms. The predicted octanol–water partition coefficient (Wildman–Crippen LogP) is 0.908. The van der Waals surface area contributed by atoms with Crippen molar-refractivity contribution in [1.29, 1.82) is 0 Å². The lowest BCUT2D eigenvalue weighted by molar-refractivity contribution is -0.125. The van der Waals surface area contributed by atoms with Crippen molar-refractivity contribution in [2.24, 2.45) is 13.0 Å². The number of nitrogens with zero attached hydrogens (tertiary/aromatic N) is 3. The number of hydrogen-bond acceptors (Lipinski definition) is 5. The van der Waals surface area contributed by atoms with Gasteiger partial charge in [-0.15, -0.1) is 0 Å². The molecule has 0 unspecified atom stereocenters. The van der Waals surface area contributed by atoms with Crippen LogP contribution in [0.2, 0.25) is 0 Å². The van der Waals surface area contributed by atoms with Gasteiger partial charge in [-0.3, -0.25) is 9.48 Å². The minimum atomic E-state index is -0.143. The molecule has 2 atom stereocenters. The second-order valence-electron chi connectivity index (χ2n) is 7.59. The van der Waals surface area contributed by atoms with Gasteiger partial charge in [0.1, 0.15) is 0 Å². The number of nitrogens with one attached hydrogen (secondary N) is 2. The van der Waals surface area contributed by atoms with E-state index in [0.717, 1.165) is 51.3 Å². The van der Waals surface area contributed by atoms with Crippen LogP contribution in [0.25, 0.3) is 0 Å². The Morgan fingerprint density at radius 3 is 2.68 bits per heavy atom. The number of carbonyl (C=O) groups excluding carboxylic acids is 1. The number of hydrogen-bond donors (Lipinski definition) is 2. The summed E-state index contributed by atoms with van der Waals surface area (Å²) < 4.78 is 7.23. The fraction of sp³-hybridized carbons (Fsp3) is 0.778. The number of aromatic nitrogens is 2. The number of carbonyl (C=O) groups is 1. The maximum absolute atomic E-state index is 12.8. The first kappa shape index (κ1) is 18.2. The molecule has 0 radical (unpaired) electrons. The van der Waals surface area contributed by atoms with Crippen LogP contribution in [0.5, 0.6) is 0 Å². The summed E-state index contributed by atoms with van der Waals surface area (Å²) in [6, 6.07) is 0.434. The quantitative estimate of drug-likeness (QED) is 0.799. The molecule has 2 fully saturated rings. The van der Waals surface area contributed by atoms with E-state index in [9.17, 15) is 4.79 Å². The Hall–Kier alpha value is -1.60. The largest absolute Gasteiger partial charge is 0.381 e. The van der Waals surface area contributed by atoms with Crippen LogP contribution >= 0.6 is 0 Å². The number of anilines is 1. The molecule has 0 saturated carbocycles. The zero-order chi connectivity index (χ0) is 17.8. The van der Waals surface area contributed by atoms with Crippen LogP contribution < -0.4 is 15.5 Å². The van der Waals surface area contributed by atoms with E-state index in [2.05, 4.69) is 34.5 Å². The van der Waals surface area contributed by atoms with E-state index in [1.54, 1.807) is 0 Å². The molecule has 7 heteroatoms. The van der Waals surface area contributed by atoms with E-state index in [-0.39, 0.29) is 23.9 Å². The summed E-state index contributed by atoms with van der Waals surface area (Å²) in [5.41, 5.74) is 1.12. The molecule has 2 aliphatic rings. The third kappa shape index (κ3) is 4.73. The van der Waals surface area contributed by atoms with Crippen molar-refractivity contribution < 1.29 is 9.53 Å². The third-order valence-corrected chi connectivity index (χ3v) is 5.18. The van der Waals surface area contributed by atoms with Crippen LogP contribution in [0.3, 0.4) is 0 Å². The summed E-state index contributed by atoms with van der Waals surface area (Å²) in [5, 5.41) is 11.0. The summed E-state index contributed by atoms with van der Waals surface area (Å²) in [5.74, 6) is 0.387. The van der Waals surface area contributed by atoms with Crippen LogP contribution in [-0.4, -0.2) is 60.1 Å². The second kappa shape index (κ2) is 8.19. The predicted molar refractivity (Wildman–Crippen MR) is 97.6 cm³/mol. The Morgan fingerprint density at radius 2 is 2.04 bits per heavy atom. The molecule has 0 aromatic carbocycles. The molecular formula is C18H31N5O2. The van der Waals surface area contributed by atoms with Crippen LogP contribution in [0.15, 0.2) is 12.4 Å². The smallest absolute Gasteiger partial charge is 0.237 e. The first-order valence-corrected chi connectivity index (χ1v) is 9.40. The maximum atomic E-state index is 12.8. The molecule has 2 saturated heterocycles. The normalized spacial score (nSPS) is 23.2. The van der Waals surface area contributed by atoms with Crippen LogP contribution in [0, 0.1) is 5.92 Å². The van der Waals surface area contributed by atoms with Crippen molar-refractivity contribution in [3.8, 4) is 0 Å². The standard InChI is InChI=1S/C18H31N5O2/c1-13(2)17(20-14-5-8-25-9-6-14)18(24)21-15-4-7-23(11-15)16-10-19-22(3)12-16/h10,12-15,17,20H,4-9,11H2,1-3H3,(H,21,24)/t15-,17-/m1/s1. The van der Waals surface area contributed by atoms with E-state index in [0.29, 0.717) is 6.04 Å². The summed E-state index contributed by atoms with van der Waals surface area (Å²) >= 11 is 0. The molecule has 3 rings (SSSR count). The molecule has 1 aromatic rings. The SMILES string of the molecule is CC(C)[C@@H](NC1CCOCC1)C(=O)N[C@@H]1CCN(c2cnn(C)c2)C1. The molecule has 1 amide bonds. The van der Waals surface area contributed by atoms with Gasteiger partial charge in [0, 0.05) is 51.6 Å². The minimum Gasteiger partial charge on any atom is -0.381 e. The number of amides is 1. The fourth-order valence-electron chi connectivity index (χ4n) is 3.66. The molecule has 0 aliphatic carbocycles. The summed E-state index contributed by atoms with van der Waals surface area (Å²) in [6.45, 7) is 7.58. The molecular weight excluding hydrogens is 318 g/mol. The zero-order valence-corrected chi connectivity index (χ0v) is 15.6. The van der Waals surface area contributed by atoms with Crippen molar-refractivity contribution in [3.63, 3.8) is 0 Å². The number of aryl methyl sites for hydroxylation is 1. The van der Waals surface area contributed by atoms with E-state index >= 15 is 0 Å². The molecule has 3 heterocycles. The van der Waals surface area contributed by atoms with Gasteiger partial charge in [0.05, 0.1) is 17.9 Å². The van der Waals surface area contributed by atoms with Crippen molar-refractivity contribution in [2.75, 3.05) is 31.2 Å². The van der Waals surface area contributed by atoms with Crippen LogP contribution in [0.1, 0.15) is 33.1 Å². The summed E-state index contributed by atoms with van der Waals surface area (Å²) in [6.07, 6.45) is 6.84. The van der Waals surface area contributed by atoms with E-state index in [1.165, 1.54) is 0 Å². The van der Waals surface area contributed by atoms with Crippen molar-refractivity contribution >= 4 is 11.6 Å². The lowest BCUT2D eigenvalue weighted by atomic mass is 9.99. The molecule has 7 nitrogen and oxygen atoms in total. The molecule has 25 heavy (non-hydrogen) atoms. The highest BCUT2D eigenvalue weighted by Crippen LogP contribution is 2.19. The second-order valence-corrected chi connectivity index (χ2v) is 7.59. The Labute approximate surface area is 150 Å². The summed E-state index contributed by atoms with van der Waals surface area (Å²) in [4.78, 5) is 15.1. The van der Waals surface area contributed by atoms with Crippen molar-refractivity contribution in [1.82, 2.24) is 20.4 Å². The monoisotopic (exact) mass is 349 g/mol. The first-order valence-electron chi connectivity index (χ1n) is 9.40. The van der Waals surface area contributed by atoms with E-state index in [1.807, 2.05) is 24.1 Å². The van der Waals surface area contributed by atoms with Gasteiger partial charge in [-0.25, -0.2) is 0 Å². The van der Waals surface area contributed by atoms with E-state index in [4.69, 9.17) is 4.74 Å². The van der Waals surface area contributed by atoms with E-state index < -0.39 is 0 Å².